The van der Waals surface area contributed by atoms with Crippen LogP contribution in [0.3, 0.4) is 0 Å². The first kappa shape index (κ1) is 26.2. The first-order chi connectivity index (χ1) is 17.8. The van der Waals surface area contributed by atoms with E-state index < -0.39 is 16.1 Å². The fraction of sp³-hybridized carbons (Fsp3) is 0.0370. The number of rotatable bonds is 8. The lowest BCUT2D eigenvalue weighted by Crippen LogP contribution is -2.19. The van der Waals surface area contributed by atoms with Gasteiger partial charge in [-0.3, -0.25) is 19.7 Å². The van der Waals surface area contributed by atoms with Crippen LogP contribution in [0, 0.1) is 10.1 Å². The molecule has 0 bridgehead atoms. The highest BCUT2D eigenvalue weighted by Gasteiger charge is 2.23. The van der Waals surface area contributed by atoms with Gasteiger partial charge in [-0.05, 0) is 54.1 Å². The number of nitrogens with one attached hydrogen (secondary N) is 2. The second-order valence-electron chi connectivity index (χ2n) is 7.81. The lowest BCUT2D eigenvalue weighted by Gasteiger charge is -2.18. The van der Waals surface area contributed by atoms with E-state index in [0.29, 0.717) is 21.4 Å². The number of anilines is 2. The molecular weight excluding hydrogens is 533 g/mol. The average Bonchev–Trinajstić information content (AvgIpc) is 2.90. The fourth-order valence-corrected chi connectivity index (χ4v) is 4.83. The molecule has 2 amide bonds. The molecular formula is C27H19Cl2N3O4S. The summed E-state index contributed by atoms with van der Waals surface area (Å²) >= 11 is 13.6. The van der Waals surface area contributed by atoms with Crippen molar-refractivity contribution < 1.29 is 14.5 Å². The number of nitro benzene ring substituents is 1. The fourth-order valence-electron chi connectivity index (χ4n) is 3.41. The van der Waals surface area contributed by atoms with E-state index in [4.69, 9.17) is 23.2 Å². The van der Waals surface area contributed by atoms with Crippen LogP contribution in [0.15, 0.2) is 102 Å². The number of carbonyl (C=O) groups excluding carboxylic acids is 2. The van der Waals surface area contributed by atoms with Crippen LogP contribution in [0.25, 0.3) is 0 Å². The van der Waals surface area contributed by atoms with E-state index in [9.17, 15) is 19.7 Å². The van der Waals surface area contributed by atoms with Crippen molar-refractivity contribution in [2.45, 2.75) is 10.1 Å². The maximum atomic E-state index is 13.4. The van der Waals surface area contributed by atoms with Gasteiger partial charge in [-0.15, -0.1) is 11.8 Å². The van der Waals surface area contributed by atoms with Crippen LogP contribution in [0.5, 0.6) is 0 Å². The molecule has 1 atom stereocenters. The molecule has 0 aliphatic rings. The number of amides is 2. The lowest BCUT2D eigenvalue weighted by molar-refractivity contribution is -0.384. The molecule has 0 fully saturated rings. The summed E-state index contributed by atoms with van der Waals surface area (Å²) in [5, 5.41) is 16.7. The first-order valence-corrected chi connectivity index (χ1v) is 12.6. The predicted molar refractivity (Wildman–Crippen MR) is 148 cm³/mol. The van der Waals surface area contributed by atoms with Crippen molar-refractivity contribution in [1.29, 1.82) is 0 Å². The third-order valence-corrected chi connectivity index (χ3v) is 7.03. The van der Waals surface area contributed by atoms with E-state index >= 15 is 0 Å². The van der Waals surface area contributed by atoms with E-state index in [-0.39, 0.29) is 17.2 Å². The zero-order chi connectivity index (χ0) is 26.4. The van der Waals surface area contributed by atoms with Crippen molar-refractivity contribution in [1.82, 2.24) is 0 Å². The third kappa shape index (κ3) is 6.89. The van der Waals surface area contributed by atoms with E-state index in [1.54, 1.807) is 36.4 Å². The summed E-state index contributed by atoms with van der Waals surface area (Å²) in [7, 11) is 0. The highest BCUT2D eigenvalue weighted by atomic mass is 35.5. The SMILES string of the molecule is O=C(Nc1cccc(SC(C(=O)Nc2cc(Cl)ccc2Cl)c2ccccc2)c1)c1ccc([N+](=O)[O-])cc1. The lowest BCUT2D eigenvalue weighted by atomic mass is 10.1. The summed E-state index contributed by atoms with van der Waals surface area (Å²) < 4.78 is 0. The standard InChI is InChI=1S/C27H19Cl2N3O4S/c28-19-11-14-23(29)24(15-19)31-27(34)25(17-5-2-1-3-6-17)37-22-8-4-7-20(16-22)30-26(33)18-9-12-21(13-10-18)32(35)36/h1-16,25H,(H,30,33)(H,31,34). The smallest absolute Gasteiger partial charge is 0.269 e. The second-order valence-corrected chi connectivity index (χ2v) is 9.83. The second kappa shape index (κ2) is 11.9. The zero-order valence-corrected chi connectivity index (χ0v) is 21.4. The van der Waals surface area contributed by atoms with Gasteiger partial charge < -0.3 is 10.6 Å². The van der Waals surface area contributed by atoms with Gasteiger partial charge in [0.2, 0.25) is 5.91 Å². The third-order valence-electron chi connectivity index (χ3n) is 5.21. The summed E-state index contributed by atoms with van der Waals surface area (Å²) in [6.45, 7) is 0. The molecule has 0 spiro atoms. The molecule has 37 heavy (non-hydrogen) atoms. The summed E-state index contributed by atoms with van der Waals surface area (Å²) in [5.41, 5.74) is 1.88. The molecule has 0 aromatic heterocycles. The first-order valence-electron chi connectivity index (χ1n) is 10.9. The molecule has 0 saturated heterocycles. The van der Waals surface area contributed by atoms with Crippen molar-refractivity contribution in [3.63, 3.8) is 0 Å². The number of hydrogen-bond acceptors (Lipinski definition) is 5. The van der Waals surface area contributed by atoms with E-state index in [1.165, 1.54) is 36.0 Å². The Balaban J connectivity index is 1.54. The molecule has 4 aromatic rings. The minimum atomic E-state index is -0.628. The van der Waals surface area contributed by atoms with Gasteiger partial charge in [-0.1, -0.05) is 59.6 Å². The largest absolute Gasteiger partial charge is 0.323 e. The van der Waals surface area contributed by atoms with Gasteiger partial charge in [0.25, 0.3) is 11.6 Å². The molecule has 1 unspecified atom stereocenters. The number of halogens is 2. The van der Waals surface area contributed by atoms with Crippen molar-refractivity contribution >= 4 is 63.8 Å². The molecule has 0 heterocycles. The van der Waals surface area contributed by atoms with Crippen molar-refractivity contribution in [3.05, 3.63) is 128 Å². The molecule has 0 aliphatic carbocycles. The maximum absolute atomic E-state index is 13.4. The minimum absolute atomic E-state index is 0.0979. The van der Waals surface area contributed by atoms with Crippen molar-refractivity contribution in [3.8, 4) is 0 Å². The highest BCUT2D eigenvalue weighted by Crippen LogP contribution is 2.38. The quantitative estimate of drug-likeness (QED) is 0.133. The highest BCUT2D eigenvalue weighted by molar-refractivity contribution is 8.00. The summed E-state index contributed by atoms with van der Waals surface area (Å²) in [6, 6.07) is 26.5. The molecule has 186 valence electrons. The Morgan fingerprint density at radius 1 is 0.838 bits per heavy atom. The van der Waals surface area contributed by atoms with Gasteiger partial charge in [0, 0.05) is 33.3 Å². The predicted octanol–water partition coefficient (Wildman–Crippen LogP) is 7.63. The van der Waals surface area contributed by atoms with E-state index in [2.05, 4.69) is 10.6 Å². The van der Waals surface area contributed by atoms with Gasteiger partial charge >= 0.3 is 0 Å². The molecule has 2 N–H and O–H groups in total. The number of nitrogens with zero attached hydrogens (tertiary/aromatic N) is 1. The Labute approximate surface area is 227 Å². The van der Waals surface area contributed by atoms with Gasteiger partial charge in [0.15, 0.2) is 0 Å². The Morgan fingerprint density at radius 3 is 2.27 bits per heavy atom. The average molecular weight is 552 g/mol. The molecule has 4 rings (SSSR count). The summed E-state index contributed by atoms with van der Waals surface area (Å²) in [4.78, 5) is 37.1. The molecule has 0 saturated carbocycles. The Hall–Kier alpha value is -3.85. The number of carbonyl (C=O) groups is 2. The van der Waals surface area contributed by atoms with Crippen LogP contribution in [0.4, 0.5) is 17.1 Å². The molecule has 0 radical (unpaired) electrons. The Kier molecular flexibility index (Phi) is 8.45. The van der Waals surface area contributed by atoms with Crippen molar-refractivity contribution in [2.75, 3.05) is 10.6 Å². The van der Waals surface area contributed by atoms with Crippen LogP contribution in [-0.2, 0) is 4.79 Å². The molecule has 0 aliphatic heterocycles. The van der Waals surface area contributed by atoms with Gasteiger partial charge in [-0.2, -0.15) is 0 Å². The number of thioether (sulfide) groups is 1. The monoisotopic (exact) mass is 551 g/mol. The number of hydrogen-bond donors (Lipinski definition) is 2. The molecule has 7 nitrogen and oxygen atoms in total. The topological polar surface area (TPSA) is 101 Å². The van der Waals surface area contributed by atoms with Crippen LogP contribution in [-0.4, -0.2) is 16.7 Å². The van der Waals surface area contributed by atoms with Crippen LogP contribution >= 0.6 is 35.0 Å². The number of benzene rings is 4. The van der Waals surface area contributed by atoms with Crippen LogP contribution in [0.1, 0.15) is 21.2 Å². The van der Waals surface area contributed by atoms with E-state index in [1.807, 2.05) is 36.4 Å². The van der Waals surface area contributed by atoms with Gasteiger partial charge in [0.1, 0.15) is 5.25 Å². The van der Waals surface area contributed by atoms with Crippen LogP contribution in [0.2, 0.25) is 10.0 Å². The zero-order valence-electron chi connectivity index (χ0n) is 19.1. The van der Waals surface area contributed by atoms with E-state index in [0.717, 1.165) is 10.5 Å². The normalized spacial score (nSPS) is 11.4. The van der Waals surface area contributed by atoms with Crippen LogP contribution < -0.4 is 10.6 Å². The Bertz CT molecular complexity index is 1450. The Morgan fingerprint density at radius 2 is 1.57 bits per heavy atom. The maximum Gasteiger partial charge on any atom is 0.269 e. The number of nitro groups is 1. The minimum Gasteiger partial charge on any atom is -0.323 e. The summed E-state index contributed by atoms with van der Waals surface area (Å²) in [6.07, 6.45) is 0. The van der Waals surface area contributed by atoms with Gasteiger partial charge in [0.05, 0.1) is 15.6 Å². The van der Waals surface area contributed by atoms with Gasteiger partial charge in [-0.25, -0.2) is 0 Å². The van der Waals surface area contributed by atoms with Crippen molar-refractivity contribution in [2.24, 2.45) is 0 Å². The molecule has 4 aromatic carbocycles. The molecule has 10 heteroatoms. The number of non-ortho nitro benzene ring substituents is 1. The summed E-state index contributed by atoms with van der Waals surface area (Å²) in [5.74, 6) is -0.703.